The predicted octanol–water partition coefficient (Wildman–Crippen LogP) is 4.68. The van der Waals surface area contributed by atoms with Crippen LogP contribution in [-0.4, -0.2) is 12.1 Å². The molecule has 3 aromatic rings. The Hall–Kier alpha value is -3.11. The van der Waals surface area contributed by atoms with Gasteiger partial charge in [0.1, 0.15) is 12.4 Å². The summed E-state index contributed by atoms with van der Waals surface area (Å²) in [5.41, 5.74) is 4.92. The largest absolute Gasteiger partial charge is 0.489 e. The van der Waals surface area contributed by atoms with E-state index in [2.05, 4.69) is 10.5 Å². The lowest BCUT2D eigenvalue weighted by Crippen LogP contribution is -2.17. The maximum Gasteiger partial charge on any atom is 0.271 e. The third kappa shape index (κ3) is 5.19. The molecule has 0 saturated heterocycles. The van der Waals surface area contributed by atoms with Crippen LogP contribution in [0.2, 0.25) is 5.02 Å². The number of halogens is 1. The highest BCUT2D eigenvalue weighted by Gasteiger charge is 2.02. The Labute approximate surface area is 157 Å². The first-order chi connectivity index (χ1) is 12.7. The molecule has 0 aromatic heterocycles. The van der Waals surface area contributed by atoms with Crippen molar-refractivity contribution in [1.82, 2.24) is 5.43 Å². The number of rotatable bonds is 6. The van der Waals surface area contributed by atoms with Crippen LogP contribution in [0.4, 0.5) is 0 Å². The Morgan fingerprint density at radius 3 is 2.54 bits per heavy atom. The van der Waals surface area contributed by atoms with Crippen LogP contribution in [0.25, 0.3) is 0 Å². The molecule has 4 nitrogen and oxygen atoms in total. The van der Waals surface area contributed by atoms with Gasteiger partial charge in [-0.3, -0.25) is 4.79 Å². The van der Waals surface area contributed by atoms with Crippen LogP contribution < -0.4 is 10.2 Å². The van der Waals surface area contributed by atoms with Gasteiger partial charge in [-0.05, 0) is 47.5 Å². The first-order valence-electron chi connectivity index (χ1n) is 8.06. The van der Waals surface area contributed by atoms with Gasteiger partial charge < -0.3 is 4.74 Å². The average Bonchev–Trinajstić information content (AvgIpc) is 2.68. The highest BCUT2D eigenvalue weighted by atomic mass is 35.5. The lowest BCUT2D eigenvalue weighted by molar-refractivity contribution is 0.0955. The number of benzene rings is 3. The number of hydrogen-bond acceptors (Lipinski definition) is 3. The Morgan fingerprint density at radius 1 is 1.00 bits per heavy atom. The molecule has 130 valence electrons. The molecule has 5 heteroatoms. The van der Waals surface area contributed by atoms with Crippen LogP contribution in [0, 0.1) is 0 Å². The van der Waals surface area contributed by atoms with Gasteiger partial charge in [0, 0.05) is 10.6 Å². The van der Waals surface area contributed by atoms with E-state index >= 15 is 0 Å². The number of nitrogens with one attached hydrogen (secondary N) is 1. The fourth-order valence-electron chi connectivity index (χ4n) is 2.25. The molecule has 1 N–H and O–H groups in total. The first-order valence-corrected chi connectivity index (χ1v) is 8.44. The maximum atomic E-state index is 11.9. The molecule has 0 unspecified atom stereocenters. The van der Waals surface area contributed by atoms with Crippen molar-refractivity contribution in [3.8, 4) is 5.75 Å². The zero-order chi connectivity index (χ0) is 18.2. The number of carbonyl (C=O) groups excluding carboxylic acids is 1. The van der Waals surface area contributed by atoms with E-state index in [9.17, 15) is 4.79 Å². The fraction of sp³-hybridized carbons (Fsp3) is 0.0476. The third-order valence-corrected chi connectivity index (χ3v) is 3.84. The number of nitrogens with zero attached hydrogens (tertiary/aromatic N) is 1. The average molecular weight is 365 g/mol. The molecule has 0 aliphatic heterocycles. The van der Waals surface area contributed by atoms with E-state index in [-0.39, 0.29) is 5.91 Å². The summed E-state index contributed by atoms with van der Waals surface area (Å²) in [4.78, 5) is 11.9. The van der Waals surface area contributed by atoms with Crippen molar-refractivity contribution in [2.75, 3.05) is 0 Å². The lowest BCUT2D eigenvalue weighted by atomic mass is 10.2. The van der Waals surface area contributed by atoms with Crippen molar-refractivity contribution in [1.29, 1.82) is 0 Å². The molecular weight excluding hydrogens is 348 g/mol. The van der Waals surface area contributed by atoms with Crippen molar-refractivity contribution in [3.63, 3.8) is 0 Å². The molecule has 1 amide bonds. The van der Waals surface area contributed by atoms with E-state index < -0.39 is 0 Å². The summed E-state index contributed by atoms with van der Waals surface area (Å²) in [6, 6.07) is 23.9. The summed E-state index contributed by atoms with van der Waals surface area (Å²) in [5.74, 6) is 0.468. The Bertz CT molecular complexity index is 893. The van der Waals surface area contributed by atoms with E-state index in [0.717, 1.165) is 16.9 Å². The van der Waals surface area contributed by atoms with Crippen molar-refractivity contribution < 1.29 is 9.53 Å². The molecule has 0 radical (unpaired) electrons. The van der Waals surface area contributed by atoms with Crippen LogP contribution in [-0.2, 0) is 6.61 Å². The molecule has 3 rings (SSSR count). The number of hydrogen-bond donors (Lipinski definition) is 1. The van der Waals surface area contributed by atoms with E-state index in [1.807, 2.05) is 54.6 Å². The van der Waals surface area contributed by atoms with Gasteiger partial charge in [-0.25, -0.2) is 5.43 Å². The van der Waals surface area contributed by atoms with Gasteiger partial charge >= 0.3 is 0 Å². The van der Waals surface area contributed by atoms with Crippen LogP contribution in [0.1, 0.15) is 21.5 Å². The summed E-state index contributed by atoms with van der Waals surface area (Å²) in [5, 5.41) is 4.69. The quantitative estimate of drug-likeness (QED) is 0.510. The van der Waals surface area contributed by atoms with Crippen LogP contribution in [0.3, 0.4) is 0 Å². The van der Waals surface area contributed by atoms with Gasteiger partial charge in [-0.1, -0.05) is 54.1 Å². The Kier molecular flexibility index (Phi) is 6.01. The SMILES string of the molecule is O=C(N/N=C\c1cccc(OCc2ccc(Cl)cc2)c1)c1ccccc1. The normalized spacial score (nSPS) is 10.7. The summed E-state index contributed by atoms with van der Waals surface area (Å²) in [6.07, 6.45) is 1.58. The molecule has 0 saturated carbocycles. The second-order valence-electron chi connectivity index (χ2n) is 5.55. The van der Waals surface area contributed by atoms with Crippen molar-refractivity contribution in [2.24, 2.45) is 5.10 Å². The van der Waals surface area contributed by atoms with Crippen molar-refractivity contribution >= 4 is 23.7 Å². The molecule has 26 heavy (non-hydrogen) atoms. The smallest absolute Gasteiger partial charge is 0.271 e. The van der Waals surface area contributed by atoms with Crippen LogP contribution in [0.15, 0.2) is 84.0 Å². The zero-order valence-corrected chi connectivity index (χ0v) is 14.7. The number of hydrazone groups is 1. The Balaban J connectivity index is 1.56. The molecule has 0 heterocycles. The third-order valence-electron chi connectivity index (χ3n) is 3.59. The highest BCUT2D eigenvalue weighted by molar-refractivity contribution is 6.30. The minimum atomic E-state index is -0.253. The van der Waals surface area contributed by atoms with Crippen LogP contribution >= 0.6 is 11.6 Å². The summed E-state index contributed by atoms with van der Waals surface area (Å²) >= 11 is 5.87. The molecule has 0 bridgehead atoms. The van der Waals surface area contributed by atoms with Gasteiger partial charge in [0.15, 0.2) is 0 Å². The minimum Gasteiger partial charge on any atom is -0.489 e. The second-order valence-corrected chi connectivity index (χ2v) is 5.99. The van der Waals surface area contributed by atoms with Crippen molar-refractivity contribution in [3.05, 3.63) is 101 Å². The summed E-state index contributed by atoms with van der Waals surface area (Å²) in [6.45, 7) is 0.447. The maximum absolute atomic E-state index is 11.9. The summed E-state index contributed by atoms with van der Waals surface area (Å²) in [7, 11) is 0. The van der Waals surface area contributed by atoms with E-state index in [1.54, 1.807) is 30.5 Å². The van der Waals surface area contributed by atoms with Crippen LogP contribution in [0.5, 0.6) is 5.75 Å². The molecule has 3 aromatic carbocycles. The predicted molar refractivity (Wildman–Crippen MR) is 104 cm³/mol. The fourth-order valence-corrected chi connectivity index (χ4v) is 2.38. The molecule has 0 spiro atoms. The minimum absolute atomic E-state index is 0.253. The monoisotopic (exact) mass is 364 g/mol. The van der Waals surface area contributed by atoms with Gasteiger partial charge in [0.05, 0.1) is 6.21 Å². The molecule has 0 aliphatic rings. The van der Waals surface area contributed by atoms with Gasteiger partial charge in [-0.2, -0.15) is 5.10 Å². The highest BCUT2D eigenvalue weighted by Crippen LogP contribution is 2.15. The Morgan fingerprint density at radius 2 is 1.77 bits per heavy atom. The second kappa shape index (κ2) is 8.83. The molecule has 0 atom stereocenters. The number of amides is 1. The van der Waals surface area contributed by atoms with E-state index in [4.69, 9.17) is 16.3 Å². The van der Waals surface area contributed by atoms with Crippen molar-refractivity contribution in [2.45, 2.75) is 6.61 Å². The standard InChI is InChI=1S/C21H17ClN2O2/c22-19-11-9-16(10-12-19)15-26-20-8-4-5-17(13-20)14-23-24-21(25)18-6-2-1-3-7-18/h1-14H,15H2,(H,24,25)/b23-14-. The zero-order valence-electron chi connectivity index (χ0n) is 13.9. The molecule has 0 fully saturated rings. The van der Waals surface area contributed by atoms with Gasteiger partial charge in [-0.15, -0.1) is 0 Å². The van der Waals surface area contributed by atoms with Gasteiger partial charge in [0.25, 0.3) is 5.91 Å². The number of ether oxygens (including phenoxy) is 1. The first kappa shape index (κ1) is 17.7. The summed E-state index contributed by atoms with van der Waals surface area (Å²) < 4.78 is 5.78. The topological polar surface area (TPSA) is 50.7 Å². The number of carbonyl (C=O) groups is 1. The molecule has 0 aliphatic carbocycles. The van der Waals surface area contributed by atoms with E-state index in [0.29, 0.717) is 17.2 Å². The molecular formula is C21H17ClN2O2. The van der Waals surface area contributed by atoms with E-state index in [1.165, 1.54) is 0 Å². The lowest BCUT2D eigenvalue weighted by Gasteiger charge is -2.07. The van der Waals surface area contributed by atoms with Gasteiger partial charge in [0.2, 0.25) is 0 Å².